The van der Waals surface area contributed by atoms with Crippen molar-refractivity contribution in [2.75, 3.05) is 16.8 Å². The second-order valence-electron chi connectivity index (χ2n) is 6.13. The molecule has 3 amide bonds. The van der Waals surface area contributed by atoms with Crippen molar-refractivity contribution in [2.45, 2.75) is 40.2 Å². The van der Waals surface area contributed by atoms with Crippen molar-refractivity contribution >= 4 is 29.1 Å². The summed E-state index contributed by atoms with van der Waals surface area (Å²) < 4.78 is 0. The lowest BCUT2D eigenvalue weighted by Crippen LogP contribution is -2.47. The van der Waals surface area contributed by atoms with E-state index in [2.05, 4.69) is 10.6 Å². The first kappa shape index (κ1) is 17.7. The summed E-state index contributed by atoms with van der Waals surface area (Å²) in [5, 5.41) is 5.47. The second-order valence-corrected chi connectivity index (χ2v) is 6.13. The van der Waals surface area contributed by atoms with E-state index in [1.165, 1.54) is 18.7 Å². The van der Waals surface area contributed by atoms with Crippen LogP contribution in [-0.4, -0.2) is 29.8 Å². The molecule has 0 unspecified atom stereocenters. The summed E-state index contributed by atoms with van der Waals surface area (Å²) in [5.74, 6) is -0.686. The zero-order valence-corrected chi connectivity index (χ0v) is 13.7. The molecule has 0 fully saturated rings. The van der Waals surface area contributed by atoms with E-state index in [4.69, 9.17) is 0 Å². The largest absolute Gasteiger partial charge is 0.350 e. The third-order valence-corrected chi connectivity index (χ3v) is 2.67. The van der Waals surface area contributed by atoms with Crippen LogP contribution in [0.5, 0.6) is 0 Å². The predicted molar refractivity (Wildman–Crippen MR) is 86.7 cm³/mol. The van der Waals surface area contributed by atoms with Gasteiger partial charge in [-0.05, 0) is 39.0 Å². The molecule has 2 N–H and O–H groups in total. The zero-order valence-electron chi connectivity index (χ0n) is 13.7. The molecule has 22 heavy (non-hydrogen) atoms. The van der Waals surface area contributed by atoms with E-state index in [0.717, 1.165) is 0 Å². The lowest BCUT2D eigenvalue weighted by molar-refractivity contribution is -0.124. The Morgan fingerprint density at radius 3 is 2.27 bits per heavy atom. The third-order valence-electron chi connectivity index (χ3n) is 2.67. The number of carbonyl (C=O) groups is 3. The molecule has 0 atom stereocenters. The van der Waals surface area contributed by atoms with Gasteiger partial charge in [-0.3, -0.25) is 14.4 Å². The molecule has 1 aromatic carbocycles. The Morgan fingerprint density at radius 2 is 1.77 bits per heavy atom. The molecule has 1 rings (SSSR count). The number of benzene rings is 1. The highest BCUT2D eigenvalue weighted by molar-refractivity contribution is 5.98. The van der Waals surface area contributed by atoms with Gasteiger partial charge in [-0.1, -0.05) is 6.07 Å². The smallest absolute Gasteiger partial charge is 0.240 e. The quantitative estimate of drug-likeness (QED) is 0.892. The summed E-state index contributed by atoms with van der Waals surface area (Å²) in [5.41, 5.74) is 0.771. The van der Waals surface area contributed by atoms with Crippen LogP contribution < -0.4 is 15.5 Å². The number of hydrogen-bond donors (Lipinski definition) is 2. The predicted octanol–water partition coefficient (Wildman–Crippen LogP) is 1.91. The number of carbonyl (C=O) groups excluding carboxylic acids is 3. The minimum absolute atomic E-state index is 0.0733. The maximum atomic E-state index is 12.0. The summed E-state index contributed by atoms with van der Waals surface area (Å²) in [4.78, 5) is 36.3. The lowest BCUT2D eigenvalue weighted by atomic mass is 10.1. The van der Waals surface area contributed by atoms with Crippen molar-refractivity contribution in [2.24, 2.45) is 0 Å². The molecule has 120 valence electrons. The van der Waals surface area contributed by atoms with Crippen LogP contribution in [0.3, 0.4) is 0 Å². The second kappa shape index (κ2) is 7.06. The van der Waals surface area contributed by atoms with E-state index in [1.54, 1.807) is 24.3 Å². The van der Waals surface area contributed by atoms with Crippen LogP contribution in [0.25, 0.3) is 0 Å². The van der Waals surface area contributed by atoms with Gasteiger partial charge in [0.15, 0.2) is 0 Å². The third kappa shape index (κ3) is 5.95. The lowest BCUT2D eigenvalue weighted by Gasteiger charge is -2.25. The monoisotopic (exact) mass is 305 g/mol. The molecule has 6 nitrogen and oxygen atoms in total. The minimum Gasteiger partial charge on any atom is -0.350 e. The maximum absolute atomic E-state index is 12.0. The van der Waals surface area contributed by atoms with Crippen molar-refractivity contribution in [3.8, 4) is 0 Å². The molecule has 0 aromatic heterocycles. The molecule has 0 saturated carbocycles. The van der Waals surface area contributed by atoms with Crippen molar-refractivity contribution in [1.82, 2.24) is 5.32 Å². The molecule has 0 aliphatic rings. The van der Waals surface area contributed by atoms with Crippen molar-refractivity contribution < 1.29 is 14.4 Å². The number of nitrogens with one attached hydrogen (secondary N) is 2. The van der Waals surface area contributed by atoms with E-state index in [0.29, 0.717) is 11.4 Å². The van der Waals surface area contributed by atoms with Gasteiger partial charge in [-0.25, -0.2) is 0 Å². The Morgan fingerprint density at radius 1 is 1.14 bits per heavy atom. The highest BCUT2D eigenvalue weighted by Crippen LogP contribution is 2.19. The van der Waals surface area contributed by atoms with Crippen LogP contribution >= 0.6 is 0 Å². The number of anilines is 2. The van der Waals surface area contributed by atoms with Crippen LogP contribution in [0.4, 0.5) is 11.4 Å². The molecular formula is C16H23N3O3. The SMILES string of the molecule is CC(=O)Nc1cccc(N(CC(=O)NC(C)(C)C)C(C)=O)c1. The molecule has 0 aliphatic carbocycles. The van der Waals surface area contributed by atoms with Gasteiger partial charge in [0.2, 0.25) is 17.7 Å². The molecule has 0 radical (unpaired) electrons. The number of hydrogen-bond acceptors (Lipinski definition) is 3. The van der Waals surface area contributed by atoms with E-state index < -0.39 is 0 Å². The van der Waals surface area contributed by atoms with E-state index >= 15 is 0 Å². The molecule has 0 saturated heterocycles. The normalized spacial score (nSPS) is 10.8. The summed E-state index contributed by atoms with van der Waals surface area (Å²) in [6.07, 6.45) is 0. The molecule has 0 heterocycles. The van der Waals surface area contributed by atoms with Crippen molar-refractivity contribution in [1.29, 1.82) is 0 Å². The summed E-state index contributed by atoms with van der Waals surface area (Å²) in [6, 6.07) is 6.82. The highest BCUT2D eigenvalue weighted by atomic mass is 16.2. The fourth-order valence-electron chi connectivity index (χ4n) is 1.94. The Hall–Kier alpha value is -2.37. The Labute approximate surface area is 130 Å². The molecule has 0 spiro atoms. The Balaban J connectivity index is 2.94. The maximum Gasteiger partial charge on any atom is 0.240 e. The number of rotatable bonds is 4. The van der Waals surface area contributed by atoms with Gasteiger partial charge < -0.3 is 15.5 Å². The standard InChI is InChI=1S/C16H23N3O3/c1-11(20)17-13-7-6-8-14(9-13)19(12(2)21)10-15(22)18-16(3,4)5/h6-9H,10H2,1-5H3,(H,17,20)(H,18,22). The Kier molecular flexibility index (Phi) is 5.68. The summed E-state index contributed by atoms with van der Waals surface area (Å²) >= 11 is 0. The van der Waals surface area contributed by atoms with Gasteiger partial charge in [-0.2, -0.15) is 0 Å². The fourth-order valence-corrected chi connectivity index (χ4v) is 1.94. The van der Waals surface area contributed by atoms with Crippen molar-refractivity contribution in [3.05, 3.63) is 24.3 Å². The van der Waals surface area contributed by atoms with E-state index in [-0.39, 0.29) is 29.8 Å². The van der Waals surface area contributed by atoms with Gasteiger partial charge in [0, 0.05) is 30.8 Å². The van der Waals surface area contributed by atoms with Crippen LogP contribution in [0.2, 0.25) is 0 Å². The van der Waals surface area contributed by atoms with Crippen LogP contribution in [0, 0.1) is 0 Å². The topological polar surface area (TPSA) is 78.5 Å². The molecular weight excluding hydrogens is 282 g/mol. The molecule has 1 aromatic rings. The van der Waals surface area contributed by atoms with Gasteiger partial charge in [0.05, 0.1) is 0 Å². The average molecular weight is 305 g/mol. The van der Waals surface area contributed by atoms with Gasteiger partial charge >= 0.3 is 0 Å². The molecule has 6 heteroatoms. The Bertz CT molecular complexity index is 576. The van der Waals surface area contributed by atoms with Crippen LogP contribution in [0.1, 0.15) is 34.6 Å². The van der Waals surface area contributed by atoms with Gasteiger partial charge in [-0.15, -0.1) is 0 Å². The first-order valence-corrected chi connectivity index (χ1v) is 7.05. The zero-order chi connectivity index (χ0) is 16.9. The van der Waals surface area contributed by atoms with Crippen molar-refractivity contribution in [3.63, 3.8) is 0 Å². The summed E-state index contributed by atoms with van der Waals surface area (Å²) in [6.45, 7) is 8.36. The first-order chi connectivity index (χ1) is 10.1. The molecule has 0 aliphatic heterocycles. The van der Waals surface area contributed by atoms with E-state index in [1.807, 2.05) is 20.8 Å². The fraction of sp³-hybridized carbons (Fsp3) is 0.438. The average Bonchev–Trinajstić information content (AvgIpc) is 2.33. The number of nitrogens with zero attached hydrogens (tertiary/aromatic N) is 1. The highest BCUT2D eigenvalue weighted by Gasteiger charge is 2.19. The van der Waals surface area contributed by atoms with Crippen LogP contribution in [0.15, 0.2) is 24.3 Å². The summed E-state index contributed by atoms with van der Waals surface area (Å²) in [7, 11) is 0. The minimum atomic E-state index is -0.364. The first-order valence-electron chi connectivity index (χ1n) is 7.05. The molecule has 0 bridgehead atoms. The van der Waals surface area contributed by atoms with Gasteiger partial charge in [0.1, 0.15) is 6.54 Å². The van der Waals surface area contributed by atoms with Crippen LogP contribution in [-0.2, 0) is 14.4 Å². The number of amides is 3. The van der Waals surface area contributed by atoms with E-state index in [9.17, 15) is 14.4 Å². The van der Waals surface area contributed by atoms with Gasteiger partial charge in [0.25, 0.3) is 0 Å².